The van der Waals surface area contributed by atoms with Crippen LogP contribution in [0.5, 0.6) is 0 Å². The van der Waals surface area contributed by atoms with E-state index in [1.807, 2.05) is 4.90 Å². The summed E-state index contributed by atoms with van der Waals surface area (Å²) in [6.07, 6.45) is 7.53. The molecular weight excluding hydrogens is 594 g/mol. The van der Waals surface area contributed by atoms with Crippen molar-refractivity contribution in [1.82, 2.24) is 9.71 Å². The lowest BCUT2D eigenvalue weighted by Crippen LogP contribution is -2.62. The molecule has 6 rings (SSSR count). The first-order valence-electron chi connectivity index (χ1n) is 17.2. The van der Waals surface area contributed by atoms with Crippen molar-refractivity contribution >= 4 is 21.9 Å². The Morgan fingerprint density at radius 2 is 1.80 bits per heavy atom. The highest BCUT2D eigenvalue weighted by molar-refractivity contribution is 7.90. The summed E-state index contributed by atoms with van der Waals surface area (Å²) in [5, 5.41) is 22.5. The van der Waals surface area contributed by atoms with Crippen LogP contribution in [0.25, 0.3) is 0 Å². The van der Waals surface area contributed by atoms with Crippen LogP contribution in [0, 0.1) is 52.3 Å². The smallest absolute Gasteiger partial charge is 0.421 e. The third-order valence-electron chi connectivity index (χ3n) is 13.2. The van der Waals surface area contributed by atoms with Crippen LogP contribution in [0.15, 0.2) is 23.2 Å². The molecule has 11 atom stereocenters. The summed E-state index contributed by atoms with van der Waals surface area (Å²) in [5.41, 5.74) is 0.177. The first-order chi connectivity index (χ1) is 21.4. The van der Waals surface area contributed by atoms with Crippen molar-refractivity contribution in [2.45, 2.75) is 96.2 Å². The maximum atomic E-state index is 12.9. The van der Waals surface area contributed by atoms with Crippen molar-refractivity contribution in [1.29, 1.82) is 0 Å². The van der Waals surface area contributed by atoms with E-state index in [2.05, 4.69) is 37.4 Å². The number of amides is 1. The maximum Gasteiger partial charge on any atom is 0.421 e. The van der Waals surface area contributed by atoms with E-state index in [1.165, 1.54) is 12.3 Å². The van der Waals surface area contributed by atoms with Gasteiger partial charge in [-0.3, -0.25) is 0 Å². The highest BCUT2D eigenvalue weighted by atomic mass is 32.2. The fraction of sp³-hybridized carbons (Fsp3) is 0.824. The summed E-state index contributed by atoms with van der Waals surface area (Å²) in [6.45, 7) is 11.8. The van der Waals surface area contributed by atoms with Crippen molar-refractivity contribution in [2.75, 3.05) is 37.8 Å². The van der Waals surface area contributed by atoms with Gasteiger partial charge in [-0.25, -0.2) is 22.9 Å². The number of hydrogen-bond donors (Lipinski definition) is 3. The number of aliphatic hydroxyl groups is 2. The number of fused-ring (bicyclic) bond motifs is 5. The molecule has 252 valence electrons. The summed E-state index contributed by atoms with van der Waals surface area (Å²) in [5.74, 6) is 2.73. The van der Waals surface area contributed by atoms with E-state index in [1.54, 1.807) is 6.07 Å². The highest BCUT2D eigenvalue weighted by Crippen LogP contribution is 2.69. The molecule has 1 unspecified atom stereocenters. The molecule has 5 fully saturated rings. The van der Waals surface area contributed by atoms with Crippen LogP contribution in [0.1, 0.15) is 79.1 Å². The minimum Gasteiger partial charge on any atom is -0.449 e. The van der Waals surface area contributed by atoms with E-state index in [0.717, 1.165) is 51.4 Å². The zero-order chi connectivity index (χ0) is 32.1. The number of carbonyl (C=O) groups is 1. The lowest BCUT2D eigenvalue weighted by atomic mass is 9.41. The van der Waals surface area contributed by atoms with Gasteiger partial charge in [0.1, 0.15) is 10.7 Å². The molecule has 1 saturated heterocycles. The molecule has 1 amide bonds. The standard InChI is InChI=1S/C34H53N3O7S/c1-5-24-28-18-22(38)10-12-34(28,4)27-11-13-33(3)25(7-8-26(33)30(27)31(24)39)21(2)20-44-32(40)36-45(41,42)23-6-9-29(35-19-23)37-14-16-43-17-15-37/h6,9,19,21-22,24-28,30-31,38-39H,5,7-8,10-18,20H2,1-4H3,(H,36,40)/t21-,22-,24-,25?,26+,27+,28+,30+,31-,33-,34-/m1/s1. The number of sulfonamides is 1. The van der Waals surface area contributed by atoms with Gasteiger partial charge in [-0.1, -0.05) is 34.1 Å². The Kier molecular flexibility index (Phi) is 9.22. The molecule has 3 N–H and O–H groups in total. The van der Waals surface area contributed by atoms with Gasteiger partial charge < -0.3 is 24.6 Å². The Hall–Kier alpha value is -1.95. The number of hydrogen-bond acceptors (Lipinski definition) is 9. The summed E-state index contributed by atoms with van der Waals surface area (Å²) in [7, 11) is -4.13. The molecule has 1 aromatic heterocycles. The fourth-order valence-corrected chi connectivity index (χ4v) is 11.8. The first kappa shape index (κ1) is 33.0. The van der Waals surface area contributed by atoms with Crippen molar-refractivity contribution in [3.63, 3.8) is 0 Å². The zero-order valence-electron chi connectivity index (χ0n) is 27.4. The van der Waals surface area contributed by atoms with E-state index in [-0.39, 0.29) is 52.3 Å². The van der Waals surface area contributed by atoms with Crippen LogP contribution in [0.3, 0.4) is 0 Å². The summed E-state index contributed by atoms with van der Waals surface area (Å²) < 4.78 is 38.8. The molecule has 0 spiro atoms. The molecule has 4 aliphatic carbocycles. The van der Waals surface area contributed by atoms with Crippen molar-refractivity contribution in [3.05, 3.63) is 18.3 Å². The minimum absolute atomic E-state index is 0.0248. The molecule has 5 aliphatic rings. The molecule has 2 heterocycles. The van der Waals surface area contributed by atoms with Gasteiger partial charge in [0.15, 0.2) is 0 Å². The molecule has 0 radical (unpaired) electrons. The predicted molar refractivity (Wildman–Crippen MR) is 170 cm³/mol. The van der Waals surface area contributed by atoms with Crippen LogP contribution >= 0.6 is 0 Å². The number of ether oxygens (including phenoxy) is 2. The molecule has 4 saturated carbocycles. The van der Waals surface area contributed by atoms with Gasteiger partial charge >= 0.3 is 6.09 Å². The number of aliphatic hydroxyl groups excluding tert-OH is 2. The predicted octanol–water partition coefficient (Wildman–Crippen LogP) is 4.60. The van der Waals surface area contributed by atoms with Gasteiger partial charge in [0.2, 0.25) is 0 Å². The minimum atomic E-state index is -4.13. The van der Waals surface area contributed by atoms with E-state index in [4.69, 9.17) is 9.47 Å². The summed E-state index contributed by atoms with van der Waals surface area (Å²) in [4.78, 5) is 18.9. The van der Waals surface area contributed by atoms with Crippen molar-refractivity contribution in [2.24, 2.45) is 52.3 Å². The van der Waals surface area contributed by atoms with Crippen LogP contribution in [-0.2, 0) is 19.5 Å². The first-order valence-corrected chi connectivity index (χ1v) is 18.7. The van der Waals surface area contributed by atoms with Crippen LogP contribution < -0.4 is 9.62 Å². The Morgan fingerprint density at radius 3 is 2.49 bits per heavy atom. The normalized spacial score (nSPS) is 40.5. The van der Waals surface area contributed by atoms with Gasteiger partial charge in [-0.2, -0.15) is 0 Å². The van der Waals surface area contributed by atoms with Gasteiger partial charge in [0.05, 0.1) is 32.0 Å². The van der Waals surface area contributed by atoms with E-state index >= 15 is 0 Å². The topological polar surface area (TPSA) is 138 Å². The third-order valence-corrected chi connectivity index (χ3v) is 14.5. The van der Waals surface area contributed by atoms with Crippen molar-refractivity contribution in [3.8, 4) is 0 Å². The largest absolute Gasteiger partial charge is 0.449 e. The highest BCUT2D eigenvalue weighted by Gasteiger charge is 2.65. The fourth-order valence-electron chi connectivity index (χ4n) is 11.0. The van der Waals surface area contributed by atoms with Crippen LogP contribution in [0.2, 0.25) is 0 Å². The Morgan fingerprint density at radius 1 is 1.09 bits per heavy atom. The molecule has 0 bridgehead atoms. The number of rotatable bonds is 7. The van der Waals surface area contributed by atoms with Crippen molar-refractivity contribution < 1.29 is 32.9 Å². The number of pyridine rings is 1. The van der Waals surface area contributed by atoms with Gasteiger partial charge in [-0.05, 0) is 109 Å². The SMILES string of the molecule is CC[C@H]1[C@@H](O)[C@@H]2[C@H](CC[C@]3(C)C([C@H](C)COC(=O)NS(=O)(=O)c4ccc(N5CCOCC5)nc4)CC[C@@H]23)[C@@]2(C)CC[C@@H](O)C[C@@H]12. The summed E-state index contributed by atoms with van der Waals surface area (Å²) in [6, 6.07) is 3.09. The molecule has 1 aromatic rings. The molecular formula is C34H53N3O7S. The second kappa shape index (κ2) is 12.6. The molecule has 11 heteroatoms. The second-order valence-corrected chi connectivity index (χ2v) is 16.9. The van der Waals surface area contributed by atoms with E-state index in [0.29, 0.717) is 55.8 Å². The van der Waals surface area contributed by atoms with Gasteiger partial charge in [0, 0.05) is 19.3 Å². The Labute approximate surface area is 268 Å². The lowest BCUT2D eigenvalue weighted by molar-refractivity contribution is -0.203. The summed E-state index contributed by atoms with van der Waals surface area (Å²) >= 11 is 0. The molecule has 10 nitrogen and oxygen atoms in total. The van der Waals surface area contributed by atoms with E-state index < -0.39 is 16.1 Å². The number of nitrogens with one attached hydrogen (secondary N) is 1. The van der Waals surface area contributed by atoms with Crippen LogP contribution in [0.4, 0.5) is 10.6 Å². The van der Waals surface area contributed by atoms with Crippen LogP contribution in [-0.4, -0.2) is 74.8 Å². The third kappa shape index (κ3) is 5.89. The zero-order valence-corrected chi connectivity index (χ0v) is 28.2. The second-order valence-electron chi connectivity index (χ2n) is 15.3. The quantitative estimate of drug-likeness (QED) is 0.388. The Balaban J connectivity index is 1.08. The Bertz CT molecular complexity index is 1320. The number of aromatic nitrogens is 1. The number of morpholine rings is 1. The average molecular weight is 648 g/mol. The number of nitrogens with zero attached hydrogens (tertiary/aromatic N) is 2. The molecule has 0 aromatic carbocycles. The maximum absolute atomic E-state index is 12.9. The van der Waals surface area contributed by atoms with Gasteiger partial charge in [0.25, 0.3) is 10.0 Å². The number of carbonyl (C=O) groups excluding carboxylic acids is 1. The van der Waals surface area contributed by atoms with Gasteiger partial charge in [-0.15, -0.1) is 0 Å². The monoisotopic (exact) mass is 647 g/mol. The lowest BCUT2D eigenvalue weighted by Gasteiger charge is -2.64. The van der Waals surface area contributed by atoms with E-state index in [9.17, 15) is 23.4 Å². The molecule has 45 heavy (non-hydrogen) atoms. The molecule has 1 aliphatic heterocycles. The average Bonchev–Trinajstić information content (AvgIpc) is 3.38. The number of anilines is 1.